The third kappa shape index (κ3) is 3.51. The first-order valence-corrected chi connectivity index (χ1v) is 4.86. The minimum Gasteiger partial charge on any atom is -0.504 e. The predicted octanol–water partition coefficient (Wildman–Crippen LogP) is 3.06. The molecule has 0 atom stereocenters. The Kier molecular flexibility index (Phi) is 4.61. The molecule has 1 rings (SSSR count). The van der Waals surface area contributed by atoms with Crippen molar-refractivity contribution < 1.29 is 5.11 Å². The molecule has 0 spiro atoms. The third-order valence-corrected chi connectivity index (χ3v) is 1.79. The number of aromatic hydroxyl groups is 1. The van der Waals surface area contributed by atoms with E-state index in [2.05, 4.69) is 22.1 Å². The van der Waals surface area contributed by atoms with Gasteiger partial charge in [0.1, 0.15) is 0 Å². The van der Waals surface area contributed by atoms with Crippen LogP contribution in [-0.2, 0) is 0 Å². The highest BCUT2D eigenvalue weighted by Gasteiger charge is 1.96. The summed E-state index contributed by atoms with van der Waals surface area (Å²) in [6, 6.07) is 3.21. The second kappa shape index (κ2) is 6.07. The molecular weight excluding hydrogens is 178 g/mol. The zero-order valence-corrected chi connectivity index (χ0v) is 8.35. The van der Waals surface area contributed by atoms with Crippen LogP contribution in [0.15, 0.2) is 28.6 Å². The Bertz CT molecular complexity index is 299. The van der Waals surface area contributed by atoms with Gasteiger partial charge in [-0.1, -0.05) is 19.8 Å². The molecule has 0 unspecified atom stereocenters. The van der Waals surface area contributed by atoms with Gasteiger partial charge >= 0.3 is 0 Å². The predicted molar refractivity (Wildman–Crippen MR) is 54.8 cm³/mol. The lowest BCUT2D eigenvalue weighted by atomic mass is 10.3. The van der Waals surface area contributed by atoms with Gasteiger partial charge < -0.3 is 5.11 Å². The van der Waals surface area contributed by atoms with Crippen molar-refractivity contribution in [3.8, 4) is 5.75 Å². The summed E-state index contributed by atoms with van der Waals surface area (Å²) in [7, 11) is 0. The number of aromatic nitrogens is 1. The summed E-state index contributed by atoms with van der Waals surface area (Å²) in [5.74, 6) is 0.371. The number of azo groups is 1. The Balaban J connectivity index is 2.40. The largest absolute Gasteiger partial charge is 0.504 e. The lowest BCUT2D eigenvalue weighted by molar-refractivity contribution is 0.473. The molecule has 1 heterocycles. The van der Waals surface area contributed by atoms with Gasteiger partial charge in [-0.2, -0.15) is 5.11 Å². The Labute approximate surface area is 83.7 Å². The fourth-order valence-corrected chi connectivity index (χ4v) is 1.02. The number of unbranched alkanes of at least 4 members (excludes halogenated alkanes) is 2. The molecule has 0 aliphatic heterocycles. The molecule has 0 fully saturated rings. The van der Waals surface area contributed by atoms with Crippen LogP contribution >= 0.6 is 0 Å². The van der Waals surface area contributed by atoms with Gasteiger partial charge in [-0.15, -0.1) is 5.11 Å². The standard InChI is InChI=1S/C10H15N3O/c1-2-3-4-8-12-13-10-9(14)6-5-7-11-10/h5-7,14H,2-4,8H2,1H3. The maximum absolute atomic E-state index is 9.30. The van der Waals surface area contributed by atoms with Crippen LogP contribution in [-0.4, -0.2) is 16.6 Å². The van der Waals surface area contributed by atoms with Crippen molar-refractivity contribution in [2.24, 2.45) is 10.2 Å². The molecule has 76 valence electrons. The average Bonchev–Trinajstić information content (AvgIpc) is 2.20. The molecule has 0 saturated carbocycles. The first-order valence-electron chi connectivity index (χ1n) is 4.86. The smallest absolute Gasteiger partial charge is 0.216 e. The van der Waals surface area contributed by atoms with Crippen molar-refractivity contribution in [1.82, 2.24) is 4.98 Å². The monoisotopic (exact) mass is 193 g/mol. The molecule has 0 aromatic carbocycles. The van der Waals surface area contributed by atoms with Gasteiger partial charge in [-0.05, 0) is 18.6 Å². The first-order chi connectivity index (χ1) is 6.84. The Morgan fingerprint density at radius 2 is 2.29 bits per heavy atom. The van der Waals surface area contributed by atoms with Crippen molar-refractivity contribution in [3.05, 3.63) is 18.3 Å². The number of hydrogen-bond donors (Lipinski definition) is 1. The van der Waals surface area contributed by atoms with Gasteiger partial charge in [0.15, 0.2) is 5.75 Å². The molecule has 0 saturated heterocycles. The van der Waals surface area contributed by atoms with E-state index in [1.165, 1.54) is 6.42 Å². The van der Waals surface area contributed by atoms with E-state index in [1.54, 1.807) is 18.3 Å². The summed E-state index contributed by atoms with van der Waals surface area (Å²) >= 11 is 0. The molecule has 1 N–H and O–H groups in total. The Morgan fingerprint density at radius 1 is 1.43 bits per heavy atom. The molecule has 0 amide bonds. The molecule has 0 aliphatic carbocycles. The van der Waals surface area contributed by atoms with Crippen molar-refractivity contribution >= 4 is 5.82 Å². The van der Waals surface area contributed by atoms with Gasteiger partial charge in [-0.3, -0.25) is 0 Å². The minimum atomic E-state index is 0.0757. The first kappa shape index (κ1) is 10.6. The van der Waals surface area contributed by atoms with Crippen LogP contribution in [0, 0.1) is 0 Å². The van der Waals surface area contributed by atoms with Crippen LogP contribution in [0.2, 0.25) is 0 Å². The zero-order valence-electron chi connectivity index (χ0n) is 8.35. The average molecular weight is 193 g/mol. The summed E-state index contributed by atoms with van der Waals surface area (Å²) in [5.41, 5.74) is 0. The van der Waals surface area contributed by atoms with Crippen LogP contribution < -0.4 is 0 Å². The molecule has 4 nitrogen and oxygen atoms in total. The van der Waals surface area contributed by atoms with Crippen LogP contribution in [0.3, 0.4) is 0 Å². The van der Waals surface area contributed by atoms with Gasteiger partial charge in [0.2, 0.25) is 5.82 Å². The fourth-order valence-electron chi connectivity index (χ4n) is 1.02. The Hall–Kier alpha value is -1.45. The van der Waals surface area contributed by atoms with Gasteiger partial charge in [0.05, 0.1) is 6.54 Å². The lowest BCUT2D eigenvalue weighted by Crippen LogP contribution is -1.79. The van der Waals surface area contributed by atoms with Gasteiger partial charge in [0.25, 0.3) is 0 Å². The normalized spacial score (nSPS) is 10.9. The van der Waals surface area contributed by atoms with Crippen LogP contribution in [0.5, 0.6) is 5.75 Å². The summed E-state index contributed by atoms with van der Waals surface area (Å²) < 4.78 is 0. The highest BCUT2D eigenvalue weighted by atomic mass is 16.3. The Morgan fingerprint density at radius 3 is 3.00 bits per heavy atom. The topological polar surface area (TPSA) is 57.8 Å². The molecular formula is C10H15N3O. The SMILES string of the molecule is CCCCCN=Nc1ncccc1O. The molecule has 14 heavy (non-hydrogen) atoms. The minimum absolute atomic E-state index is 0.0757. The van der Waals surface area contributed by atoms with Crippen LogP contribution in [0.25, 0.3) is 0 Å². The molecule has 0 radical (unpaired) electrons. The quantitative estimate of drug-likeness (QED) is 0.577. The van der Waals surface area contributed by atoms with Crippen LogP contribution in [0.1, 0.15) is 26.2 Å². The summed E-state index contributed by atoms with van der Waals surface area (Å²) in [6.07, 6.45) is 4.95. The van der Waals surface area contributed by atoms with E-state index < -0.39 is 0 Å². The zero-order chi connectivity index (χ0) is 10.2. The van der Waals surface area contributed by atoms with E-state index in [9.17, 15) is 5.11 Å². The van der Waals surface area contributed by atoms with E-state index >= 15 is 0 Å². The van der Waals surface area contributed by atoms with E-state index in [4.69, 9.17) is 0 Å². The lowest BCUT2D eigenvalue weighted by Gasteiger charge is -1.94. The molecule has 4 heteroatoms. The van der Waals surface area contributed by atoms with E-state index in [0.29, 0.717) is 12.4 Å². The van der Waals surface area contributed by atoms with Crippen molar-refractivity contribution in [2.45, 2.75) is 26.2 Å². The second-order valence-electron chi connectivity index (χ2n) is 3.02. The van der Waals surface area contributed by atoms with Crippen molar-refractivity contribution in [2.75, 3.05) is 6.54 Å². The number of rotatable bonds is 5. The van der Waals surface area contributed by atoms with Gasteiger partial charge in [-0.25, -0.2) is 4.98 Å². The molecule has 0 aliphatic rings. The molecule has 1 aromatic heterocycles. The molecule has 1 aromatic rings. The summed E-state index contributed by atoms with van der Waals surface area (Å²) in [5, 5.41) is 17.1. The number of nitrogens with zero attached hydrogens (tertiary/aromatic N) is 3. The highest BCUT2D eigenvalue weighted by Crippen LogP contribution is 2.21. The van der Waals surface area contributed by atoms with E-state index in [0.717, 1.165) is 12.8 Å². The van der Waals surface area contributed by atoms with Gasteiger partial charge in [0, 0.05) is 6.20 Å². The van der Waals surface area contributed by atoms with Crippen molar-refractivity contribution in [3.63, 3.8) is 0 Å². The third-order valence-electron chi connectivity index (χ3n) is 1.79. The van der Waals surface area contributed by atoms with E-state index in [-0.39, 0.29) is 5.75 Å². The number of hydrogen-bond acceptors (Lipinski definition) is 4. The van der Waals surface area contributed by atoms with Crippen LogP contribution in [0.4, 0.5) is 5.82 Å². The fraction of sp³-hybridized carbons (Fsp3) is 0.500. The second-order valence-corrected chi connectivity index (χ2v) is 3.02. The maximum Gasteiger partial charge on any atom is 0.216 e. The summed E-state index contributed by atoms with van der Waals surface area (Å²) in [4.78, 5) is 3.89. The van der Waals surface area contributed by atoms with E-state index in [1.807, 2.05) is 0 Å². The summed E-state index contributed by atoms with van der Waals surface area (Å²) in [6.45, 7) is 2.84. The highest BCUT2D eigenvalue weighted by molar-refractivity contribution is 5.41. The van der Waals surface area contributed by atoms with Crippen molar-refractivity contribution in [1.29, 1.82) is 0 Å². The molecule has 0 bridgehead atoms. The number of pyridine rings is 1. The maximum atomic E-state index is 9.30.